The van der Waals surface area contributed by atoms with Gasteiger partial charge in [-0.3, -0.25) is 14.9 Å². The molecule has 0 saturated carbocycles. The summed E-state index contributed by atoms with van der Waals surface area (Å²) in [4.78, 5) is 39.3. The third-order valence-corrected chi connectivity index (χ3v) is 5.56. The number of anilines is 1. The summed E-state index contributed by atoms with van der Waals surface area (Å²) in [5.41, 5.74) is 0.751. The Balaban J connectivity index is 1.85. The molecule has 1 fully saturated rings. The Morgan fingerprint density at radius 1 is 1.03 bits per heavy atom. The van der Waals surface area contributed by atoms with Crippen LogP contribution in [0.1, 0.15) is 25.8 Å². The number of carbonyl (C=O) groups excluding carboxylic acids is 3. The monoisotopic (exact) mass is 448 g/mol. The number of barbiturate groups is 1. The molecule has 7 heteroatoms. The minimum Gasteiger partial charge on any atom is -0.490 e. The lowest BCUT2D eigenvalue weighted by molar-refractivity contribution is -0.122. The molecule has 162 valence electrons. The van der Waals surface area contributed by atoms with Crippen molar-refractivity contribution in [3.63, 3.8) is 0 Å². The molecule has 0 unspecified atom stereocenters. The first kappa shape index (κ1) is 21.6. The first-order valence-electron chi connectivity index (χ1n) is 10.2. The highest BCUT2D eigenvalue weighted by Gasteiger charge is 2.37. The standard InChI is InChI=1S/C25H21ClN2O4/c1-3-15(2)32-22-13-8-16-6-4-5-7-19(16)20(22)14-21-23(29)27-25(31)28(24(21)30)18-11-9-17(26)10-12-18/h4-15H,3H2,1-2H3,(H,27,29,31)/b21-14+/t15-/m0/s1. The summed E-state index contributed by atoms with van der Waals surface area (Å²) in [7, 11) is 0. The number of amides is 4. The summed E-state index contributed by atoms with van der Waals surface area (Å²) >= 11 is 5.93. The molecule has 4 rings (SSSR count). The molecule has 1 aliphatic rings. The molecule has 1 heterocycles. The van der Waals surface area contributed by atoms with Crippen LogP contribution >= 0.6 is 11.6 Å². The minimum absolute atomic E-state index is 0.0589. The van der Waals surface area contributed by atoms with Gasteiger partial charge in [-0.25, -0.2) is 9.69 Å². The van der Waals surface area contributed by atoms with Crippen molar-refractivity contribution in [2.45, 2.75) is 26.4 Å². The van der Waals surface area contributed by atoms with Gasteiger partial charge in [-0.1, -0.05) is 48.9 Å². The number of nitrogens with zero attached hydrogens (tertiary/aromatic N) is 1. The number of imide groups is 2. The van der Waals surface area contributed by atoms with E-state index in [1.807, 2.05) is 50.2 Å². The molecule has 32 heavy (non-hydrogen) atoms. The number of carbonyl (C=O) groups is 3. The van der Waals surface area contributed by atoms with Crippen LogP contribution in [0.4, 0.5) is 10.5 Å². The Hall–Kier alpha value is -3.64. The predicted octanol–water partition coefficient (Wildman–Crippen LogP) is 5.34. The highest BCUT2D eigenvalue weighted by atomic mass is 35.5. The number of ether oxygens (including phenoxy) is 1. The Morgan fingerprint density at radius 3 is 2.47 bits per heavy atom. The number of rotatable bonds is 5. The van der Waals surface area contributed by atoms with Crippen molar-refractivity contribution in [1.82, 2.24) is 5.32 Å². The summed E-state index contributed by atoms with van der Waals surface area (Å²) in [6.45, 7) is 3.96. The van der Waals surface area contributed by atoms with E-state index in [0.717, 1.165) is 22.1 Å². The van der Waals surface area contributed by atoms with Crippen LogP contribution in [0.15, 0.2) is 66.2 Å². The van der Waals surface area contributed by atoms with Crippen molar-refractivity contribution in [2.24, 2.45) is 0 Å². The fourth-order valence-corrected chi connectivity index (χ4v) is 3.58. The van der Waals surface area contributed by atoms with Crippen molar-refractivity contribution in [2.75, 3.05) is 4.90 Å². The lowest BCUT2D eigenvalue weighted by Crippen LogP contribution is -2.54. The second kappa shape index (κ2) is 8.85. The summed E-state index contributed by atoms with van der Waals surface area (Å²) in [6, 6.07) is 16.8. The van der Waals surface area contributed by atoms with E-state index in [0.29, 0.717) is 22.0 Å². The molecule has 0 spiro atoms. The van der Waals surface area contributed by atoms with E-state index >= 15 is 0 Å². The number of urea groups is 1. The second-order valence-electron chi connectivity index (χ2n) is 7.47. The zero-order chi connectivity index (χ0) is 22.8. The summed E-state index contributed by atoms with van der Waals surface area (Å²) in [5, 5.41) is 4.48. The van der Waals surface area contributed by atoms with Crippen molar-refractivity contribution >= 4 is 52.0 Å². The van der Waals surface area contributed by atoms with E-state index in [9.17, 15) is 14.4 Å². The van der Waals surface area contributed by atoms with Crippen molar-refractivity contribution in [3.05, 3.63) is 76.8 Å². The normalized spacial score (nSPS) is 16.4. The molecule has 3 aromatic rings. The van der Waals surface area contributed by atoms with Crippen molar-refractivity contribution in [1.29, 1.82) is 0 Å². The fourth-order valence-electron chi connectivity index (χ4n) is 3.45. The van der Waals surface area contributed by atoms with Gasteiger partial charge in [0.1, 0.15) is 11.3 Å². The van der Waals surface area contributed by atoms with Crippen LogP contribution in [0.25, 0.3) is 16.8 Å². The van der Waals surface area contributed by atoms with Crippen LogP contribution in [-0.2, 0) is 9.59 Å². The number of hydrogen-bond donors (Lipinski definition) is 1. The van der Waals surface area contributed by atoms with Gasteiger partial charge in [-0.15, -0.1) is 0 Å². The number of hydrogen-bond acceptors (Lipinski definition) is 4. The lowest BCUT2D eigenvalue weighted by Gasteiger charge is -2.26. The van der Waals surface area contributed by atoms with E-state index in [-0.39, 0.29) is 11.7 Å². The maximum atomic E-state index is 13.3. The van der Waals surface area contributed by atoms with Crippen LogP contribution < -0.4 is 15.0 Å². The van der Waals surface area contributed by atoms with Crippen LogP contribution in [0.3, 0.4) is 0 Å². The molecule has 0 radical (unpaired) electrons. The van der Waals surface area contributed by atoms with E-state index in [1.165, 1.54) is 6.08 Å². The van der Waals surface area contributed by atoms with Gasteiger partial charge in [-0.05, 0) is 60.5 Å². The van der Waals surface area contributed by atoms with E-state index < -0.39 is 17.8 Å². The first-order chi connectivity index (χ1) is 15.4. The average molecular weight is 449 g/mol. The molecule has 1 atom stereocenters. The van der Waals surface area contributed by atoms with E-state index in [4.69, 9.17) is 16.3 Å². The molecule has 1 N–H and O–H groups in total. The molecule has 1 saturated heterocycles. The van der Waals surface area contributed by atoms with Gasteiger partial charge < -0.3 is 4.74 Å². The zero-order valence-corrected chi connectivity index (χ0v) is 18.3. The highest BCUT2D eigenvalue weighted by molar-refractivity contribution is 6.39. The van der Waals surface area contributed by atoms with Crippen LogP contribution in [-0.4, -0.2) is 23.9 Å². The SMILES string of the molecule is CC[C@H](C)Oc1ccc2ccccc2c1/C=C1\C(=O)NC(=O)N(c2ccc(Cl)cc2)C1=O. The van der Waals surface area contributed by atoms with Gasteiger partial charge >= 0.3 is 6.03 Å². The maximum absolute atomic E-state index is 13.3. The molecule has 6 nitrogen and oxygen atoms in total. The molecular weight excluding hydrogens is 428 g/mol. The molecular formula is C25H21ClN2O4. The molecule has 1 aliphatic heterocycles. The largest absolute Gasteiger partial charge is 0.490 e. The zero-order valence-electron chi connectivity index (χ0n) is 17.6. The topological polar surface area (TPSA) is 75.7 Å². The Morgan fingerprint density at radius 2 is 1.75 bits per heavy atom. The van der Waals surface area contributed by atoms with E-state index in [2.05, 4.69) is 5.32 Å². The van der Waals surface area contributed by atoms with Gasteiger partial charge in [0.05, 0.1) is 11.8 Å². The molecule has 4 amide bonds. The average Bonchev–Trinajstić information content (AvgIpc) is 2.78. The third-order valence-electron chi connectivity index (χ3n) is 5.31. The molecule has 3 aromatic carbocycles. The molecule has 0 aromatic heterocycles. The van der Waals surface area contributed by atoms with Gasteiger partial charge in [0.2, 0.25) is 0 Å². The highest BCUT2D eigenvalue weighted by Crippen LogP contribution is 2.32. The number of nitrogens with one attached hydrogen (secondary N) is 1. The number of fused-ring (bicyclic) bond motifs is 1. The summed E-state index contributed by atoms with van der Waals surface area (Å²) in [5.74, 6) is -0.919. The molecule has 0 bridgehead atoms. The quantitative estimate of drug-likeness (QED) is 0.422. The Labute approximate surface area is 190 Å². The van der Waals surface area contributed by atoms with Crippen LogP contribution in [0, 0.1) is 0 Å². The second-order valence-corrected chi connectivity index (χ2v) is 7.91. The number of halogens is 1. The van der Waals surface area contributed by atoms with Crippen LogP contribution in [0.5, 0.6) is 5.75 Å². The van der Waals surface area contributed by atoms with Gasteiger partial charge in [0, 0.05) is 10.6 Å². The lowest BCUT2D eigenvalue weighted by atomic mass is 9.99. The van der Waals surface area contributed by atoms with Gasteiger partial charge in [0.25, 0.3) is 11.8 Å². The van der Waals surface area contributed by atoms with Crippen LogP contribution in [0.2, 0.25) is 5.02 Å². The minimum atomic E-state index is -0.812. The van der Waals surface area contributed by atoms with E-state index in [1.54, 1.807) is 24.3 Å². The third kappa shape index (κ3) is 4.09. The first-order valence-corrected chi connectivity index (χ1v) is 10.6. The summed E-state index contributed by atoms with van der Waals surface area (Å²) in [6.07, 6.45) is 2.23. The Kier molecular flexibility index (Phi) is 5.97. The van der Waals surface area contributed by atoms with Crippen molar-refractivity contribution < 1.29 is 19.1 Å². The molecule has 0 aliphatic carbocycles. The van der Waals surface area contributed by atoms with Gasteiger partial charge in [-0.2, -0.15) is 0 Å². The summed E-state index contributed by atoms with van der Waals surface area (Å²) < 4.78 is 6.08. The number of benzene rings is 3. The Bertz CT molecular complexity index is 1250. The maximum Gasteiger partial charge on any atom is 0.335 e. The van der Waals surface area contributed by atoms with Crippen molar-refractivity contribution in [3.8, 4) is 5.75 Å². The predicted molar refractivity (Wildman–Crippen MR) is 125 cm³/mol. The van der Waals surface area contributed by atoms with Gasteiger partial charge in [0.15, 0.2) is 0 Å². The fraction of sp³-hybridized carbons (Fsp3) is 0.160. The smallest absolute Gasteiger partial charge is 0.335 e.